The van der Waals surface area contributed by atoms with Crippen molar-refractivity contribution in [2.45, 2.75) is 19.3 Å². The predicted molar refractivity (Wildman–Crippen MR) is 223 cm³/mol. The van der Waals surface area contributed by atoms with Crippen molar-refractivity contribution < 1.29 is 0 Å². The van der Waals surface area contributed by atoms with E-state index < -0.39 is 0 Å². The second-order valence-electron chi connectivity index (χ2n) is 15.0. The molecule has 2 aliphatic rings. The molecule has 0 amide bonds. The molecular formula is C51H36N2. The highest BCUT2D eigenvalue weighted by molar-refractivity contribution is 6.19. The molecular weight excluding hydrogens is 641 g/mol. The predicted octanol–water partition coefficient (Wildman–Crippen LogP) is 13.9. The van der Waals surface area contributed by atoms with Gasteiger partial charge in [-0.2, -0.15) is 0 Å². The molecule has 1 aliphatic heterocycles. The van der Waals surface area contributed by atoms with Crippen LogP contribution in [0, 0.1) is 0 Å². The van der Waals surface area contributed by atoms with Crippen molar-refractivity contribution in [2.24, 2.45) is 0 Å². The van der Waals surface area contributed by atoms with Crippen LogP contribution in [0.5, 0.6) is 0 Å². The Hall–Kier alpha value is -6.64. The maximum atomic E-state index is 2.55. The molecule has 0 unspecified atom stereocenters. The summed E-state index contributed by atoms with van der Waals surface area (Å²) >= 11 is 0. The van der Waals surface area contributed by atoms with Gasteiger partial charge in [0.1, 0.15) is 0 Å². The van der Waals surface area contributed by atoms with Crippen LogP contribution < -0.4 is 4.90 Å². The fourth-order valence-electron chi connectivity index (χ4n) is 9.18. The Morgan fingerprint density at radius 2 is 0.962 bits per heavy atom. The molecule has 0 N–H and O–H groups in total. The highest BCUT2D eigenvalue weighted by atomic mass is 15.1. The van der Waals surface area contributed by atoms with Gasteiger partial charge in [-0.05, 0) is 93.0 Å². The maximum absolute atomic E-state index is 2.55. The third-order valence-corrected chi connectivity index (χ3v) is 11.7. The van der Waals surface area contributed by atoms with Crippen LogP contribution in [0.4, 0.5) is 17.1 Å². The van der Waals surface area contributed by atoms with Gasteiger partial charge in [0.15, 0.2) is 0 Å². The highest BCUT2D eigenvalue weighted by Crippen LogP contribution is 2.58. The number of hydrogen-bond acceptors (Lipinski definition) is 1. The molecule has 0 radical (unpaired) electrons. The summed E-state index contributed by atoms with van der Waals surface area (Å²) < 4.78 is 2.55. The first-order valence-corrected chi connectivity index (χ1v) is 18.5. The fraction of sp³-hybridized carbons (Fsp3) is 0.0588. The topological polar surface area (TPSA) is 8.17 Å². The van der Waals surface area contributed by atoms with Crippen LogP contribution >= 0.6 is 0 Å². The fourth-order valence-corrected chi connectivity index (χ4v) is 9.18. The van der Waals surface area contributed by atoms with Gasteiger partial charge >= 0.3 is 0 Å². The normalized spacial score (nSPS) is 13.2. The molecule has 1 aromatic heterocycles. The summed E-state index contributed by atoms with van der Waals surface area (Å²) in [6.45, 7) is 4.77. The van der Waals surface area contributed by atoms with Gasteiger partial charge in [-0.25, -0.2) is 0 Å². The van der Waals surface area contributed by atoms with Crippen molar-refractivity contribution in [3.05, 3.63) is 193 Å². The lowest BCUT2D eigenvalue weighted by Gasteiger charge is -2.26. The third-order valence-electron chi connectivity index (χ3n) is 11.7. The van der Waals surface area contributed by atoms with Gasteiger partial charge < -0.3 is 9.47 Å². The van der Waals surface area contributed by atoms with Gasteiger partial charge in [0.25, 0.3) is 0 Å². The largest absolute Gasteiger partial charge is 0.311 e. The molecule has 0 saturated heterocycles. The molecule has 0 saturated carbocycles. The Balaban J connectivity index is 1.05. The number of hydrogen-bond donors (Lipinski definition) is 0. The lowest BCUT2D eigenvalue weighted by atomic mass is 9.81. The number of nitrogens with zero attached hydrogens (tertiary/aromatic N) is 2. The Kier molecular flexibility index (Phi) is 6.33. The summed E-state index contributed by atoms with van der Waals surface area (Å²) in [5, 5.41) is 2.60. The van der Waals surface area contributed by atoms with Gasteiger partial charge in [0, 0.05) is 44.4 Å². The van der Waals surface area contributed by atoms with E-state index in [2.05, 4.69) is 205 Å². The number of anilines is 3. The molecule has 8 aromatic carbocycles. The molecule has 1 aliphatic carbocycles. The molecule has 0 bridgehead atoms. The summed E-state index contributed by atoms with van der Waals surface area (Å²) in [5.74, 6) is 0. The average molecular weight is 677 g/mol. The van der Waals surface area contributed by atoms with E-state index in [1.54, 1.807) is 0 Å². The van der Waals surface area contributed by atoms with Crippen molar-refractivity contribution in [3.8, 4) is 50.2 Å². The van der Waals surface area contributed by atoms with Gasteiger partial charge in [0.05, 0.1) is 16.7 Å². The summed E-state index contributed by atoms with van der Waals surface area (Å²) in [5.41, 5.74) is 20.2. The lowest BCUT2D eigenvalue weighted by Crippen LogP contribution is -2.15. The van der Waals surface area contributed by atoms with Crippen LogP contribution in [0.15, 0.2) is 182 Å². The SMILES string of the molecule is CC1(C)c2cccc3c2-c2c1ccc1c4ccc(-c5ccc(N(c6ccccc6)c6ccc(-c7ccccc7)cc6)cc5)cc4n(c21)-c1ccccc1-3. The molecule has 0 spiro atoms. The number of para-hydroxylation sites is 2. The third kappa shape index (κ3) is 4.33. The minimum atomic E-state index is -0.0626. The van der Waals surface area contributed by atoms with E-state index in [1.165, 1.54) is 83.1 Å². The second-order valence-corrected chi connectivity index (χ2v) is 15.0. The molecule has 2 nitrogen and oxygen atoms in total. The quantitative estimate of drug-likeness (QED) is 0.176. The minimum absolute atomic E-state index is 0.0626. The van der Waals surface area contributed by atoms with Crippen LogP contribution in [0.25, 0.3) is 72.0 Å². The van der Waals surface area contributed by atoms with E-state index in [4.69, 9.17) is 0 Å². The summed E-state index contributed by atoms with van der Waals surface area (Å²) in [4.78, 5) is 2.33. The van der Waals surface area contributed by atoms with Gasteiger partial charge in [-0.1, -0.05) is 147 Å². The Bertz CT molecular complexity index is 2880. The van der Waals surface area contributed by atoms with Crippen LogP contribution in [-0.2, 0) is 5.41 Å². The van der Waals surface area contributed by atoms with Crippen LogP contribution in [0.3, 0.4) is 0 Å². The highest BCUT2D eigenvalue weighted by Gasteiger charge is 2.40. The van der Waals surface area contributed by atoms with Gasteiger partial charge in [-0.3, -0.25) is 0 Å². The smallest absolute Gasteiger partial charge is 0.0623 e. The van der Waals surface area contributed by atoms with E-state index >= 15 is 0 Å². The zero-order valence-corrected chi connectivity index (χ0v) is 29.7. The van der Waals surface area contributed by atoms with E-state index in [0.29, 0.717) is 0 Å². The molecule has 9 aromatic rings. The second kappa shape index (κ2) is 11.2. The Morgan fingerprint density at radius 3 is 1.70 bits per heavy atom. The standard InChI is InChI=1S/C51H36N2/c1-51(2)44-18-11-17-42-40-16-9-10-19-46(40)53-47-32-36(24-29-41(47)43-30-31-45(51)49(48(42)44)50(43)53)35-22-27-39(28-23-35)52(37-14-7-4-8-15-37)38-25-20-34(21-26-38)33-12-5-3-6-13-33/h3-32H,1-2H3. The molecule has 0 atom stereocenters. The van der Waals surface area contributed by atoms with Crippen LogP contribution in [0.1, 0.15) is 25.0 Å². The van der Waals surface area contributed by atoms with Gasteiger partial charge in [0.2, 0.25) is 0 Å². The molecule has 11 rings (SSSR count). The van der Waals surface area contributed by atoms with Crippen molar-refractivity contribution in [3.63, 3.8) is 0 Å². The zero-order chi connectivity index (χ0) is 35.3. The first-order chi connectivity index (χ1) is 26.1. The number of fused-ring (bicyclic) bond motifs is 6. The van der Waals surface area contributed by atoms with E-state index in [1.807, 2.05) is 0 Å². The summed E-state index contributed by atoms with van der Waals surface area (Å²) in [7, 11) is 0. The van der Waals surface area contributed by atoms with E-state index in [0.717, 1.165) is 17.1 Å². The maximum Gasteiger partial charge on any atom is 0.0623 e. The molecule has 250 valence electrons. The number of aromatic nitrogens is 1. The lowest BCUT2D eigenvalue weighted by molar-refractivity contribution is 0.661. The zero-order valence-electron chi connectivity index (χ0n) is 29.7. The molecule has 0 fully saturated rings. The molecule has 2 heterocycles. The Morgan fingerprint density at radius 1 is 0.415 bits per heavy atom. The van der Waals surface area contributed by atoms with Crippen LogP contribution in [-0.4, -0.2) is 4.57 Å². The first-order valence-electron chi connectivity index (χ1n) is 18.5. The summed E-state index contributed by atoms with van der Waals surface area (Å²) in [6, 6.07) is 66.8. The average Bonchev–Trinajstić information content (AvgIpc) is 3.62. The monoisotopic (exact) mass is 676 g/mol. The minimum Gasteiger partial charge on any atom is -0.311 e. The van der Waals surface area contributed by atoms with Crippen molar-refractivity contribution in [1.82, 2.24) is 4.57 Å². The van der Waals surface area contributed by atoms with Crippen molar-refractivity contribution >= 4 is 38.9 Å². The van der Waals surface area contributed by atoms with E-state index in [-0.39, 0.29) is 5.41 Å². The van der Waals surface area contributed by atoms with Gasteiger partial charge in [-0.15, -0.1) is 0 Å². The summed E-state index contributed by atoms with van der Waals surface area (Å²) in [6.07, 6.45) is 0. The van der Waals surface area contributed by atoms with Crippen molar-refractivity contribution in [1.29, 1.82) is 0 Å². The number of benzene rings is 8. The van der Waals surface area contributed by atoms with E-state index in [9.17, 15) is 0 Å². The number of rotatable bonds is 5. The first kappa shape index (κ1) is 30.0. The Labute approximate surface area is 309 Å². The molecule has 2 heteroatoms. The van der Waals surface area contributed by atoms with Crippen LogP contribution in [0.2, 0.25) is 0 Å². The van der Waals surface area contributed by atoms with Crippen molar-refractivity contribution in [2.75, 3.05) is 4.90 Å². The molecule has 53 heavy (non-hydrogen) atoms.